The molecule has 0 fully saturated rings. The first-order valence-electron chi connectivity index (χ1n) is 8.80. The zero-order valence-corrected chi connectivity index (χ0v) is 17.4. The number of carbonyl (C=O) groups excluding carboxylic acids is 2. The van der Waals surface area contributed by atoms with Gasteiger partial charge in [0.2, 0.25) is 5.82 Å². The second kappa shape index (κ2) is 10.8. The predicted octanol–water partition coefficient (Wildman–Crippen LogP) is 2.84. The Labute approximate surface area is 171 Å². The van der Waals surface area contributed by atoms with Gasteiger partial charge in [-0.15, -0.1) is 0 Å². The Kier molecular flexibility index (Phi) is 8.41. The van der Waals surface area contributed by atoms with Crippen LogP contribution in [-0.4, -0.2) is 60.2 Å². The Bertz CT molecular complexity index is 859. The molecule has 2 unspecified atom stereocenters. The lowest BCUT2D eigenvalue weighted by molar-refractivity contribution is -0.142. The number of aromatic nitrogens is 2. The fraction of sp³-hybridized carbons (Fsp3) is 0.350. The normalized spacial score (nSPS) is 12.8. The highest BCUT2D eigenvalue weighted by Gasteiger charge is 2.22. The van der Waals surface area contributed by atoms with Gasteiger partial charge in [-0.25, -0.2) is 14.4 Å². The highest BCUT2D eigenvalue weighted by atomic mass is 32.2. The summed E-state index contributed by atoms with van der Waals surface area (Å²) in [5, 5.41) is 0. The molecule has 29 heavy (non-hydrogen) atoms. The summed E-state index contributed by atoms with van der Waals surface area (Å²) in [4.78, 5) is 34.1. The number of benzene rings is 1. The van der Waals surface area contributed by atoms with Crippen LogP contribution in [0.1, 0.15) is 29.0 Å². The van der Waals surface area contributed by atoms with Crippen LogP contribution in [0.15, 0.2) is 36.7 Å². The largest absolute Gasteiger partial charge is 0.469 e. The highest BCUT2D eigenvalue weighted by Crippen LogP contribution is 2.19. The monoisotopic (exact) mass is 421 g/mol. The number of anilines is 1. The van der Waals surface area contributed by atoms with Crippen LogP contribution in [0.3, 0.4) is 0 Å². The number of esters is 1. The van der Waals surface area contributed by atoms with E-state index in [-0.39, 0.29) is 23.0 Å². The minimum absolute atomic E-state index is 0.0271. The average molecular weight is 421 g/mol. The van der Waals surface area contributed by atoms with Crippen LogP contribution < -0.4 is 4.90 Å². The van der Waals surface area contributed by atoms with E-state index in [0.29, 0.717) is 17.9 Å². The van der Waals surface area contributed by atoms with Crippen LogP contribution in [0.2, 0.25) is 0 Å². The van der Waals surface area contributed by atoms with Gasteiger partial charge in [-0.2, -0.15) is 10.5 Å². The second-order valence-electron chi connectivity index (χ2n) is 6.32. The van der Waals surface area contributed by atoms with E-state index in [9.17, 15) is 14.0 Å². The van der Waals surface area contributed by atoms with Crippen molar-refractivity contribution in [3.05, 3.63) is 53.9 Å². The van der Waals surface area contributed by atoms with Gasteiger partial charge in [0.15, 0.2) is 0 Å². The fourth-order valence-corrected chi connectivity index (χ4v) is 2.74. The summed E-state index contributed by atoms with van der Waals surface area (Å²) in [6, 6.07) is 5.49. The van der Waals surface area contributed by atoms with E-state index in [2.05, 4.69) is 15.8 Å². The zero-order valence-electron chi connectivity index (χ0n) is 16.6. The van der Waals surface area contributed by atoms with Crippen molar-refractivity contribution in [2.45, 2.75) is 12.8 Å². The van der Waals surface area contributed by atoms with Crippen molar-refractivity contribution < 1.29 is 23.5 Å². The molecule has 0 spiro atoms. The molecule has 1 aromatic carbocycles. The third-order valence-corrected chi connectivity index (χ3v) is 4.96. The SMILES string of the molecule is C=S(C)CCOCN(C(=O)c1ncc(C(C)C(=O)OC)cn1)c1ccc(F)cc1. The first kappa shape index (κ1) is 22.6. The topological polar surface area (TPSA) is 81.6 Å². The molecule has 0 aliphatic carbocycles. The first-order chi connectivity index (χ1) is 13.8. The van der Waals surface area contributed by atoms with Crippen LogP contribution in [0.25, 0.3) is 0 Å². The predicted molar refractivity (Wildman–Crippen MR) is 112 cm³/mol. The van der Waals surface area contributed by atoms with E-state index in [1.807, 2.05) is 6.26 Å². The maximum atomic E-state index is 13.3. The van der Waals surface area contributed by atoms with Gasteiger partial charge in [0.25, 0.3) is 5.91 Å². The highest BCUT2D eigenvalue weighted by molar-refractivity contribution is 8.13. The maximum Gasteiger partial charge on any atom is 0.312 e. The third kappa shape index (κ3) is 6.43. The number of methoxy groups -OCH3 is 1. The van der Waals surface area contributed by atoms with Gasteiger partial charge >= 0.3 is 5.97 Å². The lowest BCUT2D eigenvalue weighted by Crippen LogP contribution is -2.35. The van der Waals surface area contributed by atoms with Crippen LogP contribution in [0.4, 0.5) is 10.1 Å². The van der Waals surface area contributed by atoms with Crippen LogP contribution in [-0.2, 0) is 14.3 Å². The molecule has 1 amide bonds. The van der Waals surface area contributed by atoms with E-state index in [1.54, 1.807) is 6.92 Å². The number of hydrogen-bond acceptors (Lipinski definition) is 6. The summed E-state index contributed by atoms with van der Waals surface area (Å²) in [6.45, 7) is 2.06. The first-order valence-corrected chi connectivity index (χ1v) is 10.8. The van der Waals surface area contributed by atoms with E-state index in [1.165, 1.54) is 48.7 Å². The number of nitrogens with zero attached hydrogens (tertiary/aromatic N) is 3. The van der Waals surface area contributed by atoms with Gasteiger partial charge in [0, 0.05) is 29.4 Å². The molecule has 0 aliphatic heterocycles. The Morgan fingerprint density at radius 3 is 2.41 bits per heavy atom. The molecule has 2 aromatic rings. The number of amides is 1. The van der Waals surface area contributed by atoms with Crippen molar-refractivity contribution in [3.8, 4) is 0 Å². The second-order valence-corrected chi connectivity index (χ2v) is 8.29. The van der Waals surface area contributed by atoms with E-state index in [4.69, 9.17) is 9.47 Å². The van der Waals surface area contributed by atoms with Crippen molar-refractivity contribution in [2.75, 3.05) is 37.4 Å². The lowest BCUT2D eigenvalue weighted by atomic mass is 10.1. The number of halogens is 1. The summed E-state index contributed by atoms with van der Waals surface area (Å²) in [5.74, 6) is 2.74. The smallest absolute Gasteiger partial charge is 0.312 e. The molecule has 1 heterocycles. The van der Waals surface area contributed by atoms with Crippen molar-refractivity contribution in [1.29, 1.82) is 0 Å². The average Bonchev–Trinajstić information content (AvgIpc) is 2.73. The summed E-state index contributed by atoms with van der Waals surface area (Å²) < 4.78 is 23.6. The quantitative estimate of drug-likeness (QED) is 0.268. The Morgan fingerprint density at radius 1 is 1.24 bits per heavy atom. The van der Waals surface area contributed by atoms with Gasteiger partial charge in [-0.1, -0.05) is 5.87 Å². The lowest BCUT2D eigenvalue weighted by Gasteiger charge is -2.22. The molecular formula is C20H24FN3O4S. The molecule has 0 saturated carbocycles. The molecule has 0 saturated heterocycles. The molecule has 0 radical (unpaired) electrons. The minimum atomic E-state index is -0.550. The summed E-state index contributed by atoms with van der Waals surface area (Å²) in [5.41, 5.74) is 0.987. The Morgan fingerprint density at radius 2 is 1.86 bits per heavy atom. The van der Waals surface area contributed by atoms with Crippen molar-refractivity contribution >= 4 is 33.9 Å². The van der Waals surface area contributed by atoms with Crippen molar-refractivity contribution in [2.24, 2.45) is 0 Å². The molecule has 2 rings (SSSR count). The molecule has 156 valence electrons. The molecule has 0 N–H and O–H groups in total. The Hall–Kier alpha value is -2.65. The van der Waals surface area contributed by atoms with Crippen LogP contribution in [0, 0.1) is 5.82 Å². The molecule has 9 heteroatoms. The third-order valence-electron chi connectivity index (χ3n) is 4.10. The van der Waals surface area contributed by atoms with Gasteiger partial charge in [-0.3, -0.25) is 14.5 Å². The van der Waals surface area contributed by atoms with E-state index in [0.717, 1.165) is 5.75 Å². The van der Waals surface area contributed by atoms with Crippen LogP contribution >= 0.6 is 10.5 Å². The van der Waals surface area contributed by atoms with Gasteiger partial charge in [0.1, 0.15) is 12.5 Å². The molecular weight excluding hydrogens is 397 g/mol. The molecule has 0 bridgehead atoms. The minimum Gasteiger partial charge on any atom is -0.469 e. The number of ether oxygens (including phenoxy) is 2. The van der Waals surface area contributed by atoms with Crippen LogP contribution in [0.5, 0.6) is 0 Å². The Balaban J connectivity index is 2.20. The number of hydrogen-bond donors (Lipinski definition) is 0. The standard InChI is InChI=1S/C20H24FN3O4S/c1-14(20(26)27-2)15-11-22-18(23-12-15)19(25)24(13-28-9-10-29(3)4)17-7-5-16(21)6-8-17/h5-8,11-12,14H,3,9-10,13H2,1-2,4H3. The number of carbonyl (C=O) groups is 2. The van der Waals surface area contributed by atoms with Gasteiger partial charge < -0.3 is 9.47 Å². The van der Waals surface area contributed by atoms with Crippen molar-refractivity contribution in [3.63, 3.8) is 0 Å². The molecule has 0 aliphatic rings. The molecule has 7 nitrogen and oxygen atoms in total. The van der Waals surface area contributed by atoms with E-state index >= 15 is 0 Å². The molecule has 1 aromatic heterocycles. The van der Waals surface area contributed by atoms with Gasteiger partial charge in [0.05, 0.1) is 19.6 Å². The van der Waals surface area contributed by atoms with Gasteiger partial charge in [-0.05, 0) is 37.4 Å². The molecule has 2 atom stereocenters. The zero-order chi connectivity index (χ0) is 21.4. The maximum absolute atomic E-state index is 13.3. The van der Waals surface area contributed by atoms with E-state index < -0.39 is 23.6 Å². The fourth-order valence-electron chi connectivity index (χ4n) is 2.33. The number of rotatable bonds is 9. The summed E-state index contributed by atoms with van der Waals surface area (Å²) >= 11 is 0. The summed E-state index contributed by atoms with van der Waals surface area (Å²) in [6.07, 6.45) is 4.82. The van der Waals surface area contributed by atoms with Crippen molar-refractivity contribution in [1.82, 2.24) is 9.97 Å². The summed E-state index contributed by atoms with van der Waals surface area (Å²) in [7, 11) is 1.27.